The Bertz CT molecular complexity index is 380. The van der Waals surface area contributed by atoms with Gasteiger partial charge in [-0.05, 0) is 37.9 Å². The van der Waals surface area contributed by atoms with E-state index in [-0.39, 0.29) is 0 Å². The van der Waals surface area contributed by atoms with Crippen molar-refractivity contribution in [3.8, 4) is 0 Å². The predicted octanol–water partition coefficient (Wildman–Crippen LogP) is 1.52. The largest absolute Gasteiger partial charge is 0.480 e. The fourth-order valence-corrected chi connectivity index (χ4v) is 2.23. The number of aliphatic carboxylic acids is 1. The van der Waals surface area contributed by atoms with Crippen LogP contribution in [0.3, 0.4) is 0 Å². The average molecular weight is 220 g/mol. The summed E-state index contributed by atoms with van der Waals surface area (Å²) in [5.74, 6) is -0.728. The van der Waals surface area contributed by atoms with E-state index in [9.17, 15) is 9.90 Å². The minimum absolute atomic E-state index is 0.663. The molecule has 1 aromatic heterocycles. The van der Waals surface area contributed by atoms with E-state index in [4.69, 9.17) is 0 Å². The average Bonchev–Trinajstić information content (AvgIpc) is 2.63. The quantitative estimate of drug-likeness (QED) is 0.839. The van der Waals surface area contributed by atoms with Crippen molar-refractivity contribution in [2.24, 2.45) is 0 Å². The van der Waals surface area contributed by atoms with Gasteiger partial charge in [0, 0.05) is 18.9 Å². The Kier molecular flexibility index (Phi) is 2.92. The molecule has 4 nitrogen and oxygen atoms in total. The van der Waals surface area contributed by atoms with Gasteiger partial charge >= 0.3 is 5.97 Å². The molecule has 4 heteroatoms. The Morgan fingerprint density at radius 3 is 3.12 bits per heavy atom. The van der Waals surface area contributed by atoms with E-state index in [0.717, 1.165) is 24.9 Å². The van der Waals surface area contributed by atoms with Gasteiger partial charge in [0.25, 0.3) is 0 Å². The lowest BCUT2D eigenvalue weighted by atomic mass is 9.99. The van der Waals surface area contributed by atoms with Crippen molar-refractivity contribution in [1.82, 2.24) is 9.88 Å². The molecule has 0 aromatic carbocycles. The highest BCUT2D eigenvalue weighted by molar-refractivity contribution is 5.78. The van der Waals surface area contributed by atoms with Gasteiger partial charge in [0.1, 0.15) is 5.54 Å². The van der Waals surface area contributed by atoms with Crippen LogP contribution in [0, 0.1) is 0 Å². The van der Waals surface area contributed by atoms with E-state index in [1.54, 1.807) is 19.3 Å². The van der Waals surface area contributed by atoms with Crippen LogP contribution < -0.4 is 0 Å². The molecule has 0 bridgehead atoms. The van der Waals surface area contributed by atoms with E-state index in [1.807, 2.05) is 17.0 Å². The summed E-state index contributed by atoms with van der Waals surface area (Å²) < 4.78 is 0. The Hall–Kier alpha value is -1.42. The summed E-state index contributed by atoms with van der Waals surface area (Å²) in [7, 11) is 0. The van der Waals surface area contributed by atoms with E-state index < -0.39 is 11.5 Å². The molecule has 0 aliphatic carbocycles. The Morgan fingerprint density at radius 1 is 1.69 bits per heavy atom. The molecule has 0 unspecified atom stereocenters. The lowest BCUT2D eigenvalue weighted by Crippen LogP contribution is -2.47. The highest BCUT2D eigenvalue weighted by atomic mass is 16.4. The minimum Gasteiger partial charge on any atom is -0.480 e. The summed E-state index contributed by atoms with van der Waals surface area (Å²) in [5, 5.41) is 9.26. The third kappa shape index (κ3) is 1.93. The number of carboxylic acid groups (broad SMARTS) is 1. The number of rotatable bonds is 3. The Morgan fingerprint density at radius 2 is 2.50 bits per heavy atom. The van der Waals surface area contributed by atoms with Crippen LogP contribution in [-0.2, 0) is 11.3 Å². The van der Waals surface area contributed by atoms with Crippen LogP contribution in [0.4, 0.5) is 0 Å². The van der Waals surface area contributed by atoms with Gasteiger partial charge in [-0.15, -0.1) is 0 Å². The third-order valence-electron chi connectivity index (χ3n) is 3.35. The van der Waals surface area contributed by atoms with Crippen molar-refractivity contribution in [1.29, 1.82) is 0 Å². The van der Waals surface area contributed by atoms with Crippen molar-refractivity contribution in [2.75, 3.05) is 6.54 Å². The van der Waals surface area contributed by atoms with Crippen LogP contribution in [0.25, 0.3) is 0 Å². The molecule has 2 heterocycles. The Balaban J connectivity index is 2.13. The van der Waals surface area contributed by atoms with Crippen molar-refractivity contribution in [3.63, 3.8) is 0 Å². The molecule has 1 saturated heterocycles. The number of aromatic nitrogens is 1. The summed E-state index contributed by atoms with van der Waals surface area (Å²) in [6, 6.07) is 3.86. The molecule has 0 saturated carbocycles. The third-order valence-corrected chi connectivity index (χ3v) is 3.35. The van der Waals surface area contributed by atoms with Crippen molar-refractivity contribution in [3.05, 3.63) is 30.1 Å². The predicted molar refractivity (Wildman–Crippen MR) is 59.9 cm³/mol. The normalized spacial score (nSPS) is 25.8. The maximum Gasteiger partial charge on any atom is 0.323 e. The minimum atomic E-state index is -0.728. The van der Waals surface area contributed by atoms with Gasteiger partial charge in [-0.3, -0.25) is 14.7 Å². The zero-order chi connectivity index (χ0) is 11.6. The maximum atomic E-state index is 11.3. The van der Waals surface area contributed by atoms with Gasteiger partial charge < -0.3 is 5.11 Å². The number of pyridine rings is 1. The molecule has 0 radical (unpaired) electrons. The smallest absolute Gasteiger partial charge is 0.323 e. The van der Waals surface area contributed by atoms with E-state index in [1.165, 1.54) is 0 Å². The number of nitrogens with zero attached hydrogens (tertiary/aromatic N) is 2. The van der Waals surface area contributed by atoms with Crippen molar-refractivity contribution < 1.29 is 9.90 Å². The molecule has 1 aliphatic heterocycles. The first-order chi connectivity index (χ1) is 7.63. The lowest BCUT2D eigenvalue weighted by molar-refractivity contribution is -0.148. The lowest BCUT2D eigenvalue weighted by Gasteiger charge is -2.30. The Labute approximate surface area is 94.9 Å². The summed E-state index contributed by atoms with van der Waals surface area (Å²) in [4.78, 5) is 17.3. The molecular weight excluding hydrogens is 204 g/mol. The first-order valence-corrected chi connectivity index (χ1v) is 5.50. The van der Waals surface area contributed by atoms with E-state index in [0.29, 0.717) is 6.54 Å². The fraction of sp³-hybridized carbons (Fsp3) is 0.500. The van der Waals surface area contributed by atoms with Gasteiger partial charge in [0.2, 0.25) is 0 Å². The van der Waals surface area contributed by atoms with Crippen LogP contribution in [0.2, 0.25) is 0 Å². The molecule has 1 atom stereocenters. The second kappa shape index (κ2) is 4.22. The molecule has 0 amide bonds. The van der Waals surface area contributed by atoms with E-state index >= 15 is 0 Å². The second-order valence-electron chi connectivity index (χ2n) is 4.47. The molecule has 86 valence electrons. The first-order valence-electron chi connectivity index (χ1n) is 5.50. The highest BCUT2D eigenvalue weighted by Gasteiger charge is 2.42. The number of carbonyl (C=O) groups is 1. The van der Waals surface area contributed by atoms with Crippen LogP contribution >= 0.6 is 0 Å². The van der Waals surface area contributed by atoms with Crippen molar-refractivity contribution >= 4 is 5.97 Å². The van der Waals surface area contributed by atoms with Gasteiger partial charge in [-0.1, -0.05) is 6.07 Å². The molecular formula is C12H16N2O2. The summed E-state index contributed by atoms with van der Waals surface area (Å²) in [5.41, 5.74) is 0.354. The number of carboxylic acids is 1. The van der Waals surface area contributed by atoms with Crippen LogP contribution in [0.15, 0.2) is 24.5 Å². The molecule has 0 spiro atoms. The summed E-state index contributed by atoms with van der Waals surface area (Å²) in [6.07, 6.45) is 5.19. The van der Waals surface area contributed by atoms with Crippen LogP contribution in [0.1, 0.15) is 25.3 Å². The molecule has 1 aromatic rings. The number of likely N-dealkylation sites (tertiary alicyclic amines) is 1. The van der Waals surface area contributed by atoms with Crippen LogP contribution in [0.5, 0.6) is 0 Å². The molecule has 1 aliphatic rings. The van der Waals surface area contributed by atoms with Gasteiger partial charge in [0.15, 0.2) is 0 Å². The highest BCUT2D eigenvalue weighted by Crippen LogP contribution is 2.30. The van der Waals surface area contributed by atoms with Crippen LogP contribution in [-0.4, -0.2) is 33.0 Å². The first kappa shape index (κ1) is 11.1. The zero-order valence-corrected chi connectivity index (χ0v) is 9.39. The fourth-order valence-electron chi connectivity index (χ4n) is 2.23. The SMILES string of the molecule is C[C@@]1(C(=O)O)CCCN1Cc1cccnc1. The number of hydrogen-bond acceptors (Lipinski definition) is 3. The molecule has 1 N–H and O–H groups in total. The number of hydrogen-bond donors (Lipinski definition) is 1. The topological polar surface area (TPSA) is 53.4 Å². The molecule has 2 rings (SSSR count). The van der Waals surface area contributed by atoms with Crippen molar-refractivity contribution in [2.45, 2.75) is 31.8 Å². The molecule has 16 heavy (non-hydrogen) atoms. The molecule has 1 fully saturated rings. The monoisotopic (exact) mass is 220 g/mol. The second-order valence-corrected chi connectivity index (χ2v) is 4.47. The van der Waals surface area contributed by atoms with Gasteiger partial charge in [-0.25, -0.2) is 0 Å². The van der Waals surface area contributed by atoms with Gasteiger partial charge in [0.05, 0.1) is 0 Å². The van der Waals surface area contributed by atoms with Gasteiger partial charge in [-0.2, -0.15) is 0 Å². The maximum absolute atomic E-state index is 11.3. The zero-order valence-electron chi connectivity index (χ0n) is 9.39. The summed E-state index contributed by atoms with van der Waals surface area (Å²) in [6.45, 7) is 3.31. The summed E-state index contributed by atoms with van der Waals surface area (Å²) >= 11 is 0. The van der Waals surface area contributed by atoms with E-state index in [2.05, 4.69) is 4.98 Å². The standard InChI is InChI=1S/C12H16N2O2/c1-12(11(15)16)5-3-7-14(12)9-10-4-2-6-13-8-10/h2,4,6,8H,3,5,7,9H2,1H3,(H,15,16)/t12-/m0/s1.